The van der Waals surface area contributed by atoms with E-state index in [1.165, 1.54) is 31.3 Å². The zero-order valence-electron chi connectivity index (χ0n) is 13.9. The smallest absolute Gasteiger partial charge is 0.270 e. The summed E-state index contributed by atoms with van der Waals surface area (Å²) in [5.41, 5.74) is 1.94. The SMILES string of the molecule is CC(=O)CC(=O)N(/N=C/c1cccc([N+](=O)[O-])c1)c1ccc(C)cc1. The van der Waals surface area contributed by atoms with Crippen LogP contribution in [0.3, 0.4) is 0 Å². The second kappa shape index (κ2) is 7.96. The van der Waals surface area contributed by atoms with Crippen molar-refractivity contribution in [3.8, 4) is 0 Å². The largest absolute Gasteiger partial charge is 0.299 e. The van der Waals surface area contributed by atoms with Gasteiger partial charge in [-0.3, -0.25) is 19.7 Å². The molecule has 0 aliphatic rings. The fraction of sp³-hybridized carbons (Fsp3) is 0.167. The number of hydrogen-bond acceptors (Lipinski definition) is 5. The summed E-state index contributed by atoms with van der Waals surface area (Å²) in [5.74, 6) is -0.745. The molecule has 0 radical (unpaired) electrons. The zero-order chi connectivity index (χ0) is 18.4. The Morgan fingerprint density at radius 3 is 2.48 bits per heavy atom. The molecule has 0 heterocycles. The lowest BCUT2D eigenvalue weighted by molar-refractivity contribution is -0.384. The van der Waals surface area contributed by atoms with E-state index in [1.807, 2.05) is 19.1 Å². The predicted molar refractivity (Wildman–Crippen MR) is 94.7 cm³/mol. The molecule has 0 atom stereocenters. The molecule has 0 aliphatic heterocycles. The quantitative estimate of drug-likeness (QED) is 0.349. The molecule has 0 N–H and O–H groups in total. The molecular formula is C18H17N3O4. The third-order valence-electron chi connectivity index (χ3n) is 3.32. The molecule has 0 bridgehead atoms. The van der Waals surface area contributed by atoms with Crippen LogP contribution in [0.2, 0.25) is 0 Å². The van der Waals surface area contributed by atoms with Gasteiger partial charge in [0.25, 0.3) is 11.6 Å². The molecule has 7 nitrogen and oxygen atoms in total. The van der Waals surface area contributed by atoms with Crippen molar-refractivity contribution in [3.63, 3.8) is 0 Å². The number of ketones is 1. The van der Waals surface area contributed by atoms with E-state index in [0.29, 0.717) is 11.3 Å². The number of Topliss-reactive ketones (excluding diaryl/α,β-unsaturated/α-hetero) is 1. The summed E-state index contributed by atoms with van der Waals surface area (Å²) in [7, 11) is 0. The molecule has 2 aromatic carbocycles. The number of hydrogen-bond donors (Lipinski definition) is 0. The minimum atomic E-state index is -0.504. The highest BCUT2D eigenvalue weighted by atomic mass is 16.6. The van der Waals surface area contributed by atoms with Gasteiger partial charge < -0.3 is 0 Å². The molecule has 0 aromatic heterocycles. The maximum atomic E-state index is 12.3. The van der Waals surface area contributed by atoms with Crippen molar-refractivity contribution < 1.29 is 14.5 Å². The van der Waals surface area contributed by atoms with Crippen molar-refractivity contribution in [2.24, 2.45) is 5.10 Å². The number of carbonyl (C=O) groups is 2. The van der Waals surface area contributed by atoms with E-state index < -0.39 is 10.8 Å². The van der Waals surface area contributed by atoms with E-state index >= 15 is 0 Å². The highest BCUT2D eigenvalue weighted by molar-refractivity contribution is 6.05. The van der Waals surface area contributed by atoms with Crippen LogP contribution in [0.1, 0.15) is 24.5 Å². The minimum Gasteiger partial charge on any atom is -0.299 e. The first-order valence-corrected chi connectivity index (χ1v) is 7.54. The standard InChI is InChI=1S/C18H17N3O4/c1-13-6-8-16(9-7-13)20(18(23)10-14(2)22)19-12-15-4-3-5-17(11-15)21(24)25/h3-9,11-12H,10H2,1-2H3/b19-12+. The van der Waals surface area contributed by atoms with E-state index in [2.05, 4.69) is 5.10 Å². The lowest BCUT2D eigenvalue weighted by Crippen LogP contribution is -2.27. The van der Waals surface area contributed by atoms with Crippen molar-refractivity contribution in [2.75, 3.05) is 5.01 Å². The minimum absolute atomic E-state index is 0.0686. The number of carbonyl (C=O) groups excluding carboxylic acids is 2. The van der Waals surface area contributed by atoms with Crippen LogP contribution in [-0.4, -0.2) is 22.8 Å². The van der Waals surface area contributed by atoms with Gasteiger partial charge in [-0.1, -0.05) is 29.8 Å². The normalized spacial score (nSPS) is 10.6. The Balaban J connectivity index is 2.33. The second-order valence-electron chi connectivity index (χ2n) is 5.52. The number of anilines is 1. The van der Waals surface area contributed by atoms with Gasteiger partial charge in [0.2, 0.25) is 0 Å². The Bertz CT molecular complexity index is 828. The van der Waals surface area contributed by atoms with Crippen molar-refractivity contribution >= 4 is 29.3 Å². The number of aryl methyl sites for hydroxylation is 1. The van der Waals surface area contributed by atoms with Gasteiger partial charge in [0.1, 0.15) is 5.78 Å². The molecule has 0 aliphatic carbocycles. The van der Waals surface area contributed by atoms with Crippen molar-refractivity contribution in [1.29, 1.82) is 0 Å². The van der Waals surface area contributed by atoms with Crippen LogP contribution in [0.5, 0.6) is 0 Å². The molecule has 25 heavy (non-hydrogen) atoms. The zero-order valence-corrected chi connectivity index (χ0v) is 13.9. The van der Waals surface area contributed by atoms with Gasteiger partial charge in [-0.15, -0.1) is 0 Å². The summed E-state index contributed by atoms with van der Waals surface area (Å²) in [6.07, 6.45) is 1.07. The van der Waals surface area contributed by atoms with Gasteiger partial charge in [-0.05, 0) is 26.0 Å². The number of non-ortho nitro benzene ring substituents is 1. The van der Waals surface area contributed by atoms with Crippen LogP contribution >= 0.6 is 0 Å². The van der Waals surface area contributed by atoms with E-state index in [-0.39, 0.29) is 17.9 Å². The Kier molecular flexibility index (Phi) is 5.73. The van der Waals surface area contributed by atoms with Gasteiger partial charge in [0, 0.05) is 17.7 Å². The predicted octanol–water partition coefficient (Wildman–Crippen LogP) is 3.25. The lowest BCUT2D eigenvalue weighted by Gasteiger charge is -2.16. The third kappa shape index (κ3) is 5.07. The lowest BCUT2D eigenvalue weighted by atomic mass is 10.2. The molecule has 0 spiro atoms. The van der Waals surface area contributed by atoms with Crippen LogP contribution in [0.15, 0.2) is 53.6 Å². The van der Waals surface area contributed by atoms with Gasteiger partial charge in [0.15, 0.2) is 0 Å². The topological polar surface area (TPSA) is 92.9 Å². The van der Waals surface area contributed by atoms with E-state index in [4.69, 9.17) is 0 Å². The first kappa shape index (κ1) is 18.0. The second-order valence-corrected chi connectivity index (χ2v) is 5.52. The van der Waals surface area contributed by atoms with Gasteiger partial charge in [0.05, 0.1) is 23.2 Å². The Hall–Kier alpha value is -3.35. The fourth-order valence-electron chi connectivity index (χ4n) is 2.09. The monoisotopic (exact) mass is 339 g/mol. The summed E-state index contributed by atoms with van der Waals surface area (Å²) in [5, 5.41) is 16.1. The molecule has 2 rings (SSSR count). The summed E-state index contributed by atoms with van der Waals surface area (Å²) in [4.78, 5) is 33.9. The number of rotatable bonds is 6. The number of nitro groups is 1. The molecule has 0 saturated heterocycles. The molecule has 1 amide bonds. The van der Waals surface area contributed by atoms with Crippen molar-refractivity contribution in [3.05, 3.63) is 69.8 Å². The summed E-state index contributed by atoms with van der Waals surface area (Å²) in [6, 6.07) is 13.0. The number of nitro benzene ring substituents is 1. The number of hydrazone groups is 1. The molecule has 0 fully saturated rings. The average Bonchev–Trinajstić information content (AvgIpc) is 2.56. The third-order valence-corrected chi connectivity index (χ3v) is 3.32. The molecule has 2 aromatic rings. The molecule has 128 valence electrons. The highest BCUT2D eigenvalue weighted by Gasteiger charge is 2.16. The van der Waals surface area contributed by atoms with Crippen molar-refractivity contribution in [2.45, 2.75) is 20.3 Å². The molecule has 0 unspecified atom stereocenters. The molecule has 0 saturated carbocycles. The molecular weight excluding hydrogens is 322 g/mol. The van der Waals surface area contributed by atoms with E-state index in [9.17, 15) is 19.7 Å². The number of benzene rings is 2. The fourth-order valence-corrected chi connectivity index (χ4v) is 2.09. The molecule has 7 heteroatoms. The first-order valence-electron chi connectivity index (χ1n) is 7.54. The summed E-state index contributed by atoms with van der Waals surface area (Å²) in [6.45, 7) is 3.24. The van der Waals surface area contributed by atoms with E-state index in [1.54, 1.807) is 18.2 Å². The highest BCUT2D eigenvalue weighted by Crippen LogP contribution is 2.18. The van der Waals surface area contributed by atoms with Gasteiger partial charge in [-0.2, -0.15) is 5.10 Å². The maximum absolute atomic E-state index is 12.3. The van der Waals surface area contributed by atoms with Crippen LogP contribution in [0, 0.1) is 17.0 Å². The Morgan fingerprint density at radius 1 is 1.20 bits per heavy atom. The van der Waals surface area contributed by atoms with Crippen LogP contribution in [0.25, 0.3) is 0 Å². The number of amides is 1. The van der Waals surface area contributed by atoms with Gasteiger partial charge >= 0.3 is 0 Å². The van der Waals surface area contributed by atoms with Crippen LogP contribution < -0.4 is 5.01 Å². The van der Waals surface area contributed by atoms with E-state index in [0.717, 1.165) is 10.6 Å². The summed E-state index contributed by atoms with van der Waals surface area (Å²) >= 11 is 0. The average molecular weight is 339 g/mol. The Morgan fingerprint density at radius 2 is 1.88 bits per heavy atom. The maximum Gasteiger partial charge on any atom is 0.270 e. The number of nitrogens with zero attached hydrogens (tertiary/aromatic N) is 3. The van der Waals surface area contributed by atoms with Crippen LogP contribution in [-0.2, 0) is 9.59 Å². The van der Waals surface area contributed by atoms with Crippen molar-refractivity contribution in [1.82, 2.24) is 0 Å². The Labute approximate surface area is 144 Å². The van der Waals surface area contributed by atoms with Gasteiger partial charge in [-0.25, -0.2) is 5.01 Å². The van der Waals surface area contributed by atoms with Crippen LogP contribution in [0.4, 0.5) is 11.4 Å². The first-order chi connectivity index (χ1) is 11.9. The summed E-state index contributed by atoms with van der Waals surface area (Å²) < 4.78 is 0.